The van der Waals surface area contributed by atoms with Crippen LogP contribution >= 0.6 is 0 Å². The number of carboxylic acids is 1. The van der Waals surface area contributed by atoms with Gasteiger partial charge >= 0.3 is 5.97 Å². The standard InChI is InChI=1S/C14H22N2O2/c1-5-6-14(3,4)16-10-7-9(2)12(15)11(8-10)13(17)18/h7-8,16H,5-6,15H2,1-4H3,(H,17,18). The van der Waals surface area contributed by atoms with Crippen LogP contribution in [0.5, 0.6) is 0 Å². The van der Waals surface area contributed by atoms with Crippen molar-refractivity contribution >= 4 is 17.3 Å². The van der Waals surface area contributed by atoms with Gasteiger partial charge in [-0.2, -0.15) is 0 Å². The van der Waals surface area contributed by atoms with Crippen molar-refractivity contribution < 1.29 is 9.90 Å². The van der Waals surface area contributed by atoms with E-state index in [2.05, 4.69) is 26.1 Å². The van der Waals surface area contributed by atoms with Crippen molar-refractivity contribution in [3.05, 3.63) is 23.3 Å². The van der Waals surface area contributed by atoms with E-state index in [4.69, 9.17) is 10.8 Å². The summed E-state index contributed by atoms with van der Waals surface area (Å²) in [6.45, 7) is 8.14. The maximum absolute atomic E-state index is 11.1. The molecule has 1 aromatic carbocycles. The van der Waals surface area contributed by atoms with Gasteiger partial charge in [0.25, 0.3) is 0 Å². The van der Waals surface area contributed by atoms with Crippen LogP contribution in [-0.2, 0) is 0 Å². The second kappa shape index (κ2) is 5.29. The van der Waals surface area contributed by atoms with Crippen LogP contribution in [0, 0.1) is 6.92 Å². The summed E-state index contributed by atoms with van der Waals surface area (Å²) in [4.78, 5) is 11.1. The first-order chi connectivity index (χ1) is 8.26. The Kier molecular flexibility index (Phi) is 4.22. The maximum atomic E-state index is 11.1. The fraction of sp³-hybridized carbons (Fsp3) is 0.500. The monoisotopic (exact) mass is 250 g/mol. The number of nitrogen functional groups attached to an aromatic ring is 1. The zero-order valence-electron chi connectivity index (χ0n) is 11.5. The van der Waals surface area contributed by atoms with Crippen molar-refractivity contribution in [3.8, 4) is 0 Å². The molecule has 1 rings (SSSR count). The van der Waals surface area contributed by atoms with Gasteiger partial charge in [0, 0.05) is 16.9 Å². The summed E-state index contributed by atoms with van der Waals surface area (Å²) in [5.74, 6) is -0.993. The highest BCUT2D eigenvalue weighted by Gasteiger charge is 2.18. The van der Waals surface area contributed by atoms with Crippen LogP contribution in [0.4, 0.5) is 11.4 Å². The number of nitrogens with one attached hydrogen (secondary N) is 1. The number of hydrogen-bond acceptors (Lipinski definition) is 3. The van der Waals surface area contributed by atoms with Gasteiger partial charge < -0.3 is 16.2 Å². The highest BCUT2D eigenvalue weighted by Crippen LogP contribution is 2.26. The Hall–Kier alpha value is -1.71. The van der Waals surface area contributed by atoms with Gasteiger partial charge in [-0.3, -0.25) is 0 Å². The van der Waals surface area contributed by atoms with Crippen molar-refractivity contribution in [1.29, 1.82) is 0 Å². The predicted octanol–water partition coefficient (Wildman–Crippen LogP) is 3.27. The lowest BCUT2D eigenvalue weighted by Crippen LogP contribution is -2.30. The highest BCUT2D eigenvalue weighted by atomic mass is 16.4. The van der Waals surface area contributed by atoms with Crippen LogP contribution < -0.4 is 11.1 Å². The van der Waals surface area contributed by atoms with Crippen LogP contribution in [0.1, 0.15) is 49.5 Å². The number of benzene rings is 1. The molecule has 0 spiro atoms. The van der Waals surface area contributed by atoms with Gasteiger partial charge in [-0.25, -0.2) is 4.79 Å². The molecule has 0 fully saturated rings. The summed E-state index contributed by atoms with van der Waals surface area (Å²) in [7, 11) is 0. The van der Waals surface area contributed by atoms with Crippen LogP contribution in [0.2, 0.25) is 0 Å². The molecule has 18 heavy (non-hydrogen) atoms. The smallest absolute Gasteiger partial charge is 0.337 e. The van der Waals surface area contributed by atoms with E-state index in [0.717, 1.165) is 24.1 Å². The second-order valence-corrected chi connectivity index (χ2v) is 5.32. The average Bonchev–Trinajstić information content (AvgIpc) is 2.21. The molecule has 0 aromatic heterocycles. The number of carbonyl (C=O) groups is 1. The quantitative estimate of drug-likeness (QED) is 0.701. The van der Waals surface area contributed by atoms with Crippen molar-refractivity contribution in [3.63, 3.8) is 0 Å². The fourth-order valence-corrected chi connectivity index (χ4v) is 2.13. The Labute approximate surface area is 108 Å². The molecule has 0 saturated carbocycles. The second-order valence-electron chi connectivity index (χ2n) is 5.32. The number of aryl methyl sites for hydroxylation is 1. The van der Waals surface area contributed by atoms with E-state index in [1.165, 1.54) is 0 Å². The Bertz CT molecular complexity index is 453. The van der Waals surface area contributed by atoms with E-state index in [0.29, 0.717) is 5.69 Å². The number of aromatic carboxylic acids is 1. The third kappa shape index (κ3) is 3.39. The summed E-state index contributed by atoms with van der Waals surface area (Å²) in [5, 5.41) is 12.5. The van der Waals surface area contributed by atoms with E-state index >= 15 is 0 Å². The van der Waals surface area contributed by atoms with Crippen LogP contribution in [-0.4, -0.2) is 16.6 Å². The van der Waals surface area contributed by atoms with Crippen molar-refractivity contribution in [2.24, 2.45) is 0 Å². The van der Waals surface area contributed by atoms with Gasteiger partial charge in [-0.1, -0.05) is 13.3 Å². The van der Waals surface area contributed by atoms with E-state index in [-0.39, 0.29) is 11.1 Å². The zero-order valence-corrected chi connectivity index (χ0v) is 11.5. The number of hydrogen-bond donors (Lipinski definition) is 3. The molecule has 4 heteroatoms. The number of rotatable bonds is 5. The molecule has 0 amide bonds. The minimum atomic E-state index is -0.993. The minimum Gasteiger partial charge on any atom is -0.478 e. The number of anilines is 2. The molecule has 4 nitrogen and oxygen atoms in total. The molecule has 1 aromatic rings. The Balaban J connectivity index is 3.08. The molecular formula is C14H22N2O2. The molecule has 0 saturated heterocycles. The maximum Gasteiger partial charge on any atom is 0.337 e. The largest absolute Gasteiger partial charge is 0.478 e. The van der Waals surface area contributed by atoms with Crippen LogP contribution in [0.3, 0.4) is 0 Å². The van der Waals surface area contributed by atoms with Crippen LogP contribution in [0.25, 0.3) is 0 Å². The van der Waals surface area contributed by atoms with Gasteiger partial charge in [0.2, 0.25) is 0 Å². The minimum absolute atomic E-state index is 0.0624. The lowest BCUT2D eigenvalue weighted by atomic mass is 9.97. The highest BCUT2D eigenvalue weighted by molar-refractivity contribution is 5.95. The van der Waals surface area contributed by atoms with Gasteiger partial charge in [0.05, 0.1) is 5.56 Å². The first-order valence-corrected chi connectivity index (χ1v) is 6.18. The van der Waals surface area contributed by atoms with Crippen LogP contribution in [0.15, 0.2) is 12.1 Å². The molecular weight excluding hydrogens is 228 g/mol. The van der Waals surface area contributed by atoms with E-state index in [1.54, 1.807) is 6.07 Å². The van der Waals surface area contributed by atoms with Gasteiger partial charge in [-0.15, -0.1) is 0 Å². The first-order valence-electron chi connectivity index (χ1n) is 6.18. The van der Waals surface area contributed by atoms with Gasteiger partial charge in [0.15, 0.2) is 0 Å². The summed E-state index contributed by atoms with van der Waals surface area (Å²) in [5.41, 5.74) is 7.78. The van der Waals surface area contributed by atoms with E-state index < -0.39 is 5.97 Å². The molecule has 0 radical (unpaired) electrons. The molecule has 0 aliphatic rings. The van der Waals surface area contributed by atoms with Crippen molar-refractivity contribution in [2.75, 3.05) is 11.1 Å². The van der Waals surface area contributed by atoms with Gasteiger partial charge in [-0.05, 0) is 44.9 Å². The first kappa shape index (κ1) is 14.4. The van der Waals surface area contributed by atoms with Crippen molar-refractivity contribution in [2.45, 2.75) is 46.1 Å². The summed E-state index contributed by atoms with van der Waals surface area (Å²) in [6.07, 6.45) is 2.08. The molecule has 0 aliphatic heterocycles. The van der Waals surface area contributed by atoms with E-state index in [1.807, 2.05) is 13.0 Å². The lowest BCUT2D eigenvalue weighted by Gasteiger charge is -2.27. The van der Waals surface area contributed by atoms with E-state index in [9.17, 15) is 4.79 Å². The third-order valence-corrected chi connectivity index (χ3v) is 2.97. The molecule has 4 N–H and O–H groups in total. The lowest BCUT2D eigenvalue weighted by molar-refractivity contribution is 0.0698. The van der Waals surface area contributed by atoms with Crippen molar-refractivity contribution in [1.82, 2.24) is 0 Å². The Morgan fingerprint density at radius 1 is 1.44 bits per heavy atom. The molecule has 0 heterocycles. The molecule has 0 aliphatic carbocycles. The summed E-state index contributed by atoms with van der Waals surface area (Å²) >= 11 is 0. The SMILES string of the molecule is CCCC(C)(C)Nc1cc(C)c(N)c(C(=O)O)c1. The van der Waals surface area contributed by atoms with Gasteiger partial charge in [0.1, 0.15) is 0 Å². The zero-order chi connectivity index (χ0) is 13.9. The molecule has 0 bridgehead atoms. The number of carboxylic acid groups (broad SMARTS) is 1. The summed E-state index contributed by atoms with van der Waals surface area (Å²) < 4.78 is 0. The third-order valence-electron chi connectivity index (χ3n) is 2.97. The molecule has 100 valence electrons. The molecule has 0 unspecified atom stereocenters. The fourth-order valence-electron chi connectivity index (χ4n) is 2.13. The Morgan fingerprint density at radius 3 is 2.56 bits per heavy atom. The normalized spacial score (nSPS) is 11.3. The number of nitrogens with two attached hydrogens (primary N) is 1. The Morgan fingerprint density at radius 2 is 2.06 bits per heavy atom. The predicted molar refractivity (Wildman–Crippen MR) is 75.2 cm³/mol. The summed E-state index contributed by atoms with van der Waals surface area (Å²) in [6, 6.07) is 3.49. The topological polar surface area (TPSA) is 75.3 Å². The average molecular weight is 250 g/mol. The molecule has 0 atom stereocenters.